The lowest BCUT2D eigenvalue weighted by atomic mass is 9.48. The van der Waals surface area contributed by atoms with E-state index < -0.39 is 0 Å². The first-order valence-electron chi connectivity index (χ1n) is 11.6. The van der Waals surface area contributed by atoms with Gasteiger partial charge in [-0.15, -0.1) is 0 Å². The fourth-order valence-electron chi connectivity index (χ4n) is 5.49. The van der Waals surface area contributed by atoms with E-state index in [0.29, 0.717) is 5.41 Å². The summed E-state index contributed by atoms with van der Waals surface area (Å²) in [5.41, 5.74) is 2.24. The van der Waals surface area contributed by atoms with Crippen LogP contribution < -0.4 is 0 Å². The molecular weight excluding hydrogens is 300 g/mol. The third-order valence-corrected chi connectivity index (χ3v) is 7.93. The summed E-state index contributed by atoms with van der Waals surface area (Å²) in [4.78, 5) is 0. The van der Waals surface area contributed by atoms with Crippen LogP contribution in [0.25, 0.3) is 0 Å². The van der Waals surface area contributed by atoms with E-state index in [9.17, 15) is 0 Å². The van der Waals surface area contributed by atoms with E-state index in [-0.39, 0.29) is 0 Å². The summed E-state index contributed by atoms with van der Waals surface area (Å²) in [5, 5.41) is 0. The Kier molecular flexibility index (Phi) is 10.4. The van der Waals surface area contributed by atoms with Crippen molar-refractivity contribution in [3.63, 3.8) is 0 Å². The average molecular weight is 349 g/mol. The van der Waals surface area contributed by atoms with Crippen LogP contribution >= 0.6 is 0 Å². The van der Waals surface area contributed by atoms with Crippen molar-refractivity contribution in [3.05, 3.63) is 11.6 Å². The van der Waals surface area contributed by atoms with E-state index in [1.54, 1.807) is 5.57 Å². The maximum atomic E-state index is 2.56. The van der Waals surface area contributed by atoms with Crippen molar-refractivity contribution < 1.29 is 0 Å². The molecule has 0 spiro atoms. The van der Waals surface area contributed by atoms with Crippen molar-refractivity contribution in [1.29, 1.82) is 0 Å². The molecule has 0 heterocycles. The summed E-state index contributed by atoms with van der Waals surface area (Å²) in [6, 6.07) is 0. The second-order valence-electron chi connectivity index (χ2n) is 9.24. The van der Waals surface area contributed by atoms with Crippen molar-refractivity contribution in [1.82, 2.24) is 0 Å². The SMILES string of the molecule is CCC(C)=CCCCC(C)C1CCC1(CC)C(CC)CCC(C)CC. The predicted octanol–water partition coefficient (Wildman–Crippen LogP) is 8.81. The van der Waals surface area contributed by atoms with Crippen LogP contribution in [0.2, 0.25) is 0 Å². The molecule has 0 aliphatic heterocycles. The molecule has 1 aliphatic carbocycles. The van der Waals surface area contributed by atoms with Gasteiger partial charge in [-0.1, -0.05) is 78.9 Å². The molecule has 0 N–H and O–H groups in total. The minimum Gasteiger partial charge on any atom is -0.0856 e. The molecule has 0 amide bonds. The summed E-state index contributed by atoms with van der Waals surface area (Å²) in [5.74, 6) is 3.79. The second kappa shape index (κ2) is 11.5. The maximum Gasteiger partial charge on any atom is -0.0241 e. The number of hydrogen-bond acceptors (Lipinski definition) is 0. The van der Waals surface area contributed by atoms with Crippen molar-refractivity contribution in [2.75, 3.05) is 0 Å². The maximum absolute atomic E-state index is 2.56. The molecule has 5 atom stereocenters. The van der Waals surface area contributed by atoms with Crippen molar-refractivity contribution in [3.8, 4) is 0 Å². The zero-order valence-electron chi connectivity index (χ0n) is 18.7. The Labute approximate surface area is 160 Å². The van der Waals surface area contributed by atoms with E-state index in [1.165, 1.54) is 70.6 Å². The molecule has 1 rings (SSSR count). The fourth-order valence-corrected chi connectivity index (χ4v) is 5.49. The van der Waals surface area contributed by atoms with E-state index in [1.807, 2.05) is 0 Å². The third-order valence-electron chi connectivity index (χ3n) is 7.93. The van der Waals surface area contributed by atoms with Crippen molar-refractivity contribution in [2.45, 2.75) is 119 Å². The van der Waals surface area contributed by atoms with Crippen LogP contribution in [0.3, 0.4) is 0 Å². The van der Waals surface area contributed by atoms with Gasteiger partial charge < -0.3 is 0 Å². The van der Waals surface area contributed by atoms with Crippen molar-refractivity contribution in [2.24, 2.45) is 29.1 Å². The van der Waals surface area contributed by atoms with E-state index in [4.69, 9.17) is 0 Å². The number of rotatable bonds is 13. The van der Waals surface area contributed by atoms with Gasteiger partial charge >= 0.3 is 0 Å². The Morgan fingerprint density at radius 1 is 1.04 bits per heavy atom. The Hall–Kier alpha value is -0.260. The van der Waals surface area contributed by atoms with E-state index >= 15 is 0 Å². The van der Waals surface area contributed by atoms with Gasteiger partial charge in [-0.3, -0.25) is 0 Å². The molecule has 5 unspecified atom stereocenters. The van der Waals surface area contributed by atoms with Gasteiger partial charge in [0.15, 0.2) is 0 Å². The number of unbranched alkanes of at least 4 members (excludes halogenated alkanes) is 1. The molecule has 0 radical (unpaired) electrons. The highest BCUT2D eigenvalue weighted by atomic mass is 14.6. The quantitative estimate of drug-likeness (QED) is 0.230. The summed E-state index contributed by atoms with van der Waals surface area (Å²) >= 11 is 0. The van der Waals surface area contributed by atoms with E-state index in [2.05, 4.69) is 54.5 Å². The lowest BCUT2D eigenvalue weighted by molar-refractivity contribution is -0.0741. The molecule has 1 fully saturated rings. The van der Waals surface area contributed by atoms with Crippen LogP contribution in [-0.2, 0) is 0 Å². The topological polar surface area (TPSA) is 0 Å². The second-order valence-corrected chi connectivity index (χ2v) is 9.24. The highest BCUT2D eigenvalue weighted by Gasteiger charge is 2.50. The zero-order valence-corrected chi connectivity index (χ0v) is 18.7. The molecule has 0 heteroatoms. The van der Waals surface area contributed by atoms with Gasteiger partial charge in [-0.05, 0) is 81.0 Å². The molecule has 1 aliphatic rings. The average Bonchev–Trinajstić information content (AvgIpc) is 2.60. The van der Waals surface area contributed by atoms with Gasteiger partial charge in [0.25, 0.3) is 0 Å². The van der Waals surface area contributed by atoms with Gasteiger partial charge in [-0.25, -0.2) is 0 Å². The monoisotopic (exact) mass is 348 g/mol. The van der Waals surface area contributed by atoms with Crippen LogP contribution in [0.1, 0.15) is 119 Å². The highest BCUT2D eigenvalue weighted by molar-refractivity contribution is 5.01. The zero-order chi connectivity index (χ0) is 18.9. The highest BCUT2D eigenvalue weighted by Crippen LogP contribution is 2.60. The molecule has 0 aromatic heterocycles. The fraction of sp³-hybridized carbons (Fsp3) is 0.920. The predicted molar refractivity (Wildman–Crippen MR) is 115 cm³/mol. The van der Waals surface area contributed by atoms with Crippen LogP contribution in [0.15, 0.2) is 11.6 Å². The largest absolute Gasteiger partial charge is 0.0856 e. The third kappa shape index (κ3) is 6.14. The molecular formula is C25H48. The van der Waals surface area contributed by atoms with Crippen LogP contribution in [0.4, 0.5) is 0 Å². The normalized spacial score (nSPS) is 27.6. The Bertz CT molecular complexity index is 375. The lowest BCUT2D eigenvalue weighted by Crippen LogP contribution is -2.48. The van der Waals surface area contributed by atoms with Crippen LogP contribution in [0, 0.1) is 29.1 Å². The summed E-state index contributed by atoms with van der Waals surface area (Å²) in [6.07, 6.45) is 17.9. The Morgan fingerprint density at radius 3 is 2.24 bits per heavy atom. The van der Waals surface area contributed by atoms with Crippen LogP contribution in [0.5, 0.6) is 0 Å². The first kappa shape index (κ1) is 22.8. The van der Waals surface area contributed by atoms with Crippen molar-refractivity contribution >= 4 is 0 Å². The number of allylic oxidation sites excluding steroid dienone is 2. The lowest BCUT2D eigenvalue weighted by Gasteiger charge is -2.57. The summed E-state index contributed by atoms with van der Waals surface area (Å²) < 4.78 is 0. The Morgan fingerprint density at radius 2 is 1.76 bits per heavy atom. The molecule has 0 aromatic rings. The molecule has 1 saturated carbocycles. The molecule has 0 nitrogen and oxygen atoms in total. The Balaban J connectivity index is 2.60. The smallest absolute Gasteiger partial charge is 0.0241 e. The molecule has 0 saturated heterocycles. The summed E-state index contributed by atoms with van der Waals surface area (Å²) in [7, 11) is 0. The minimum atomic E-state index is 0.677. The summed E-state index contributed by atoms with van der Waals surface area (Å²) in [6.45, 7) is 16.8. The van der Waals surface area contributed by atoms with Gasteiger partial charge in [0.05, 0.1) is 0 Å². The molecule has 148 valence electrons. The van der Waals surface area contributed by atoms with Gasteiger partial charge in [-0.2, -0.15) is 0 Å². The van der Waals surface area contributed by atoms with Gasteiger partial charge in [0, 0.05) is 0 Å². The minimum absolute atomic E-state index is 0.677. The van der Waals surface area contributed by atoms with Gasteiger partial charge in [0.2, 0.25) is 0 Å². The molecule has 0 aromatic carbocycles. The number of hydrogen-bond donors (Lipinski definition) is 0. The van der Waals surface area contributed by atoms with Crippen LogP contribution in [-0.4, -0.2) is 0 Å². The molecule has 25 heavy (non-hydrogen) atoms. The molecule has 0 bridgehead atoms. The van der Waals surface area contributed by atoms with Gasteiger partial charge in [0.1, 0.15) is 0 Å². The standard InChI is InChI=1S/C25H48/c1-8-20(5)14-12-13-15-22(7)24-18-19-25(24,11-4)23(10-3)17-16-21(6)9-2/h14,21-24H,8-13,15-19H2,1-7H3. The first-order chi connectivity index (χ1) is 11.9. The van der Waals surface area contributed by atoms with E-state index in [0.717, 1.165) is 23.7 Å². The first-order valence-corrected chi connectivity index (χ1v) is 11.6.